The Morgan fingerprint density at radius 1 is 0.955 bits per heavy atom. The molecule has 0 radical (unpaired) electrons. The molecule has 0 bridgehead atoms. The minimum Gasteiger partial charge on any atom is -0.497 e. The Balaban J connectivity index is 2.13. The Morgan fingerprint density at radius 3 is 2.36 bits per heavy atom. The van der Waals surface area contributed by atoms with Gasteiger partial charge in [-0.25, -0.2) is 0 Å². The van der Waals surface area contributed by atoms with Gasteiger partial charge >= 0.3 is 0 Å². The Bertz CT molecular complexity index is 695. The third-order valence-corrected chi connectivity index (χ3v) is 3.60. The van der Waals surface area contributed by atoms with Crippen LogP contribution in [0, 0.1) is 0 Å². The monoisotopic (exact) mass is 356 g/mol. The average Bonchev–Trinajstić information content (AvgIpc) is 2.51. The predicted molar refractivity (Wildman–Crippen MR) is 95.9 cm³/mol. The van der Waals surface area contributed by atoms with E-state index in [1.54, 1.807) is 44.6 Å². The van der Waals surface area contributed by atoms with E-state index in [-0.39, 0.29) is 0 Å². The summed E-state index contributed by atoms with van der Waals surface area (Å²) in [5.41, 5.74) is 1.33. The summed E-state index contributed by atoms with van der Waals surface area (Å²) in [7, 11) is 3.17. The third kappa shape index (κ3) is 4.16. The van der Waals surface area contributed by atoms with Gasteiger partial charge in [0.05, 0.1) is 30.6 Å². The molecule has 2 N–H and O–H groups in total. The SMILES string of the molecule is COc1ccc(NC(=S)Nc2cc(Cl)ccc2Cl)c(OC)c1. The van der Waals surface area contributed by atoms with E-state index in [4.69, 9.17) is 44.9 Å². The molecule has 0 saturated heterocycles. The van der Waals surface area contributed by atoms with E-state index in [1.807, 2.05) is 6.07 Å². The van der Waals surface area contributed by atoms with Crippen LogP contribution in [-0.4, -0.2) is 19.3 Å². The summed E-state index contributed by atoms with van der Waals surface area (Å²) in [5.74, 6) is 1.31. The molecule has 2 rings (SSSR count). The molecule has 0 atom stereocenters. The molecule has 0 heterocycles. The van der Waals surface area contributed by atoms with Gasteiger partial charge in [-0.1, -0.05) is 23.2 Å². The first-order valence-electron chi connectivity index (χ1n) is 6.28. The zero-order valence-corrected chi connectivity index (χ0v) is 14.3. The van der Waals surface area contributed by atoms with E-state index in [1.165, 1.54) is 0 Å². The van der Waals surface area contributed by atoms with E-state index < -0.39 is 0 Å². The molecule has 0 amide bonds. The molecule has 0 aliphatic rings. The molecule has 0 spiro atoms. The number of hydrogen-bond acceptors (Lipinski definition) is 3. The molecule has 7 heteroatoms. The minimum absolute atomic E-state index is 0.368. The van der Waals surface area contributed by atoms with Crippen molar-refractivity contribution in [3.8, 4) is 11.5 Å². The Kier molecular flexibility index (Phi) is 5.71. The second-order valence-corrected chi connectivity index (χ2v) is 5.52. The molecular formula is C15H14Cl2N2O2S. The highest BCUT2D eigenvalue weighted by molar-refractivity contribution is 7.80. The van der Waals surface area contributed by atoms with E-state index in [0.717, 1.165) is 0 Å². The lowest BCUT2D eigenvalue weighted by atomic mass is 10.2. The van der Waals surface area contributed by atoms with Crippen LogP contribution in [0.1, 0.15) is 0 Å². The molecular weight excluding hydrogens is 343 g/mol. The Labute approximate surface area is 144 Å². The normalized spacial score (nSPS) is 10.0. The number of thiocarbonyl (C=S) groups is 1. The van der Waals surface area contributed by atoms with Gasteiger partial charge in [-0.3, -0.25) is 0 Å². The van der Waals surface area contributed by atoms with Crippen LogP contribution in [0.2, 0.25) is 10.0 Å². The highest BCUT2D eigenvalue weighted by Crippen LogP contribution is 2.30. The second kappa shape index (κ2) is 7.54. The van der Waals surface area contributed by atoms with Crippen molar-refractivity contribution < 1.29 is 9.47 Å². The van der Waals surface area contributed by atoms with Crippen molar-refractivity contribution in [2.75, 3.05) is 24.9 Å². The number of hydrogen-bond donors (Lipinski definition) is 2. The fourth-order valence-corrected chi connectivity index (χ4v) is 2.33. The van der Waals surface area contributed by atoms with Gasteiger partial charge < -0.3 is 20.1 Å². The fraction of sp³-hybridized carbons (Fsp3) is 0.133. The summed E-state index contributed by atoms with van der Waals surface area (Å²) in [6, 6.07) is 10.5. The number of rotatable bonds is 4. The Morgan fingerprint density at radius 2 is 1.68 bits per heavy atom. The van der Waals surface area contributed by atoms with Gasteiger partial charge in [-0.2, -0.15) is 0 Å². The minimum atomic E-state index is 0.368. The number of nitrogens with one attached hydrogen (secondary N) is 2. The van der Waals surface area contributed by atoms with Gasteiger partial charge in [-0.05, 0) is 42.5 Å². The highest BCUT2D eigenvalue weighted by atomic mass is 35.5. The molecule has 0 aromatic heterocycles. The molecule has 0 saturated carbocycles. The van der Waals surface area contributed by atoms with Crippen LogP contribution in [0.5, 0.6) is 11.5 Å². The number of benzene rings is 2. The summed E-state index contributed by atoms with van der Waals surface area (Å²) in [6.45, 7) is 0. The maximum Gasteiger partial charge on any atom is 0.175 e. The number of ether oxygens (including phenoxy) is 2. The van der Waals surface area contributed by atoms with Crippen LogP contribution in [-0.2, 0) is 0 Å². The van der Waals surface area contributed by atoms with E-state index >= 15 is 0 Å². The topological polar surface area (TPSA) is 42.5 Å². The van der Waals surface area contributed by atoms with Crippen LogP contribution >= 0.6 is 35.4 Å². The van der Waals surface area contributed by atoms with Crippen molar-refractivity contribution in [3.05, 3.63) is 46.4 Å². The third-order valence-electron chi connectivity index (χ3n) is 2.83. The van der Waals surface area contributed by atoms with Crippen LogP contribution in [0.15, 0.2) is 36.4 Å². The lowest BCUT2D eigenvalue weighted by Crippen LogP contribution is -2.19. The molecule has 116 valence electrons. The van der Waals surface area contributed by atoms with E-state index in [2.05, 4.69) is 10.6 Å². The molecule has 0 aliphatic carbocycles. The standard InChI is InChI=1S/C15H14Cl2N2O2S/c1-20-10-4-6-12(14(8-10)21-2)18-15(22)19-13-7-9(16)3-5-11(13)17/h3-8H,1-2H3,(H2,18,19,22). The first kappa shape index (κ1) is 16.7. The van der Waals surface area contributed by atoms with E-state index in [0.29, 0.717) is 38.0 Å². The van der Waals surface area contributed by atoms with Crippen LogP contribution < -0.4 is 20.1 Å². The van der Waals surface area contributed by atoms with Crippen molar-refractivity contribution in [1.29, 1.82) is 0 Å². The van der Waals surface area contributed by atoms with Crippen molar-refractivity contribution in [2.45, 2.75) is 0 Å². The lowest BCUT2D eigenvalue weighted by molar-refractivity contribution is 0.395. The van der Waals surface area contributed by atoms with Crippen LogP contribution in [0.3, 0.4) is 0 Å². The lowest BCUT2D eigenvalue weighted by Gasteiger charge is -2.15. The summed E-state index contributed by atoms with van der Waals surface area (Å²) in [6.07, 6.45) is 0. The average molecular weight is 357 g/mol. The summed E-state index contributed by atoms with van der Waals surface area (Å²) in [5, 5.41) is 7.50. The Hall–Kier alpha value is -1.69. The van der Waals surface area contributed by atoms with Crippen molar-refractivity contribution >= 4 is 51.9 Å². The molecule has 0 fully saturated rings. The summed E-state index contributed by atoms with van der Waals surface area (Å²) >= 11 is 17.3. The largest absolute Gasteiger partial charge is 0.497 e. The van der Waals surface area contributed by atoms with Gasteiger partial charge in [0.25, 0.3) is 0 Å². The molecule has 0 unspecified atom stereocenters. The van der Waals surface area contributed by atoms with Gasteiger partial charge in [0.2, 0.25) is 0 Å². The van der Waals surface area contributed by atoms with Crippen LogP contribution in [0.4, 0.5) is 11.4 Å². The van der Waals surface area contributed by atoms with Gasteiger partial charge in [-0.15, -0.1) is 0 Å². The van der Waals surface area contributed by atoms with Gasteiger partial charge in [0, 0.05) is 11.1 Å². The van der Waals surface area contributed by atoms with Gasteiger partial charge in [0.1, 0.15) is 11.5 Å². The first-order valence-corrected chi connectivity index (χ1v) is 7.45. The zero-order valence-electron chi connectivity index (χ0n) is 11.9. The first-order chi connectivity index (χ1) is 10.5. The summed E-state index contributed by atoms with van der Waals surface area (Å²) < 4.78 is 10.5. The molecule has 2 aromatic rings. The molecule has 22 heavy (non-hydrogen) atoms. The second-order valence-electron chi connectivity index (χ2n) is 4.27. The molecule has 0 aliphatic heterocycles. The maximum atomic E-state index is 6.09. The summed E-state index contributed by atoms with van der Waals surface area (Å²) in [4.78, 5) is 0. The maximum absolute atomic E-state index is 6.09. The van der Waals surface area contributed by atoms with Crippen molar-refractivity contribution in [3.63, 3.8) is 0 Å². The molecule has 4 nitrogen and oxygen atoms in total. The quantitative estimate of drug-likeness (QED) is 0.768. The number of halogens is 2. The van der Waals surface area contributed by atoms with Gasteiger partial charge in [0.15, 0.2) is 5.11 Å². The zero-order chi connectivity index (χ0) is 16.1. The van der Waals surface area contributed by atoms with Crippen molar-refractivity contribution in [2.24, 2.45) is 0 Å². The van der Waals surface area contributed by atoms with Crippen molar-refractivity contribution in [1.82, 2.24) is 0 Å². The predicted octanol–water partition coefficient (Wildman–Crippen LogP) is 4.82. The van der Waals surface area contributed by atoms with Crippen LogP contribution in [0.25, 0.3) is 0 Å². The smallest absolute Gasteiger partial charge is 0.175 e. The fourth-order valence-electron chi connectivity index (χ4n) is 1.77. The number of methoxy groups -OCH3 is 2. The van der Waals surface area contributed by atoms with E-state index in [9.17, 15) is 0 Å². The molecule has 2 aromatic carbocycles. The highest BCUT2D eigenvalue weighted by Gasteiger charge is 2.08. The number of anilines is 2.